The topological polar surface area (TPSA) is 71.9 Å². The largest absolute Gasteiger partial charge is 0.377 e. The third-order valence-electron chi connectivity index (χ3n) is 5.41. The lowest BCUT2D eigenvalue weighted by atomic mass is 10.1. The number of fused-ring (bicyclic) bond motifs is 2. The average molecular weight is 382 g/mol. The minimum atomic E-state index is -0.0617. The van der Waals surface area contributed by atoms with Crippen LogP contribution in [0.2, 0.25) is 0 Å². The Morgan fingerprint density at radius 2 is 2.26 bits per heavy atom. The standard InChI is InChI=1S/C20H22N4O2S/c25-20-8-15-12-27-6-4-17(15)23-24(20)19-11-26-10-18(19)22-9-13-1-2-16-14(7-13)3-5-21-16/h1-3,5,7-8,18-19,21-22H,4,6,9-12H2. The number of nitrogens with zero attached hydrogens (tertiary/aromatic N) is 2. The van der Waals surface area contributed by atoms with Gasteiger partial charge in [0.1, 0.15) is 0 Å². The zero-order valence-electron chi connectivity index (χ0n) is 15.0. The molecule has 2 unspecified atom stereocenters. The predicted octanol–water partition coefficient (Wildman–Crippen LogP) is 2.24. The fourth-order valence-electron chi connectivity index (χ4n) is 3.91. The Morgan fingerprint density at radius 3 is 3.22 bits per heavy atom. The number of aryl methyl sites for hydroxylation is 1. The number of thioether (sulfide) groups is 1. The number of hydrogen-bond donors (Lipinski definition) is 2. The molecule has 2 aromatic heterocycles. The zero-order chi connectivity index (χ0) is 18.2. The Morgan fingerprint density at radius 1 is 1.30 bits per heavy atom. The number of nitrogens with one attached hydrogen (secondary N) is 2. The number of rotatable bonds is 4. The summed E-state index contributed by atoms with van der Waals surface area (Å²) in [6.45, 7) is 1.86. The van der Waals surface area contributed by atoms with Gasteiger partial charge in [0.2, 0.25) is 0 Å². The first-order valence-electron chi connectivity index (χ1n) is 9.34. The summed E-state index contributed by atoms with van der Waals surface area (Å²) in [4.78, 5) is 15.8. The van der Waals surface area contributed by atoms with Gasteiger partial charge < -0.3 is 15.0 Å². The van der Waals surface area contributed by atoms with Gasteiger partial charge in [-0.2, -0.15) is 16.9 Å². The van der Waals surface area contributed by atoms with Crippen molar-refractivity contribution in [1.29, 1.82) is 0 Å². The molecular formula is C20H22N4O2S. The van der Waals surface area contributed by atoms with E-state index in [-0.39, 0.29) is 17.6 Å². The van der Waals surface area contributed by atoms with Crippen molar-refractivity contribution in [2.24, 2.45) is 0 Å². The zero-order valence-corrected chi connectivity index (χ0v) is 15.8. The molecule has 4 heterocycles. The van der Waals surface area contributed by atoms with E-state index in [1.807, 2.05) is 18.0 Å². The molecule has 7 heteroatoms. The molecule has 2 aliphatic heterocycles. The second kappa shape index (κ2) is 7.14. The van der Waals surface area contributed by atoms with Gasteiger partial charge in [-0.05, 0) is 40.5 Å². The molecule has 3 aromatic rings. The number of ether oxygens (including phenoxy) is 1. The molecule has 6 nitrogen and oxygen atoms in total. The van der Waals surface area contributed by atoms with E-state index < -0.39 is 0 Å². The Hall–Kier alpha value is -2.09. The number of benzene rings is 1. The first-order chi connectivity index (χ1) is 13.3. The van der Waals surface area contributed by atoms with Crippen LogP contribution in [0.3, 0.4) is 0 Å². The van der Waals surface area contributed by atoms with Crippen molar-refractivity contribution >= 4 is 22.7 Å². The van der Waals surface area contributed by atoms with Gasteiger partial charge in [0, 0.05) is 36.5 Å². The maximum atomic E-state index is 12.6. The van der Waals surface area contributed by atoms with Crippen LogP contribution >= 0.6 is 11.8 Å². The highest BCUT2D eigenvalue weighted by molar-refractivity contribution is 7.98. The van der Waals surface area contributed by atoms with Crippen LogP contribution in [-0.2, 0) is 23.5 Å². The van der Waals surface area contributed by atoms with E-state index >= 15 is 0 Å². The molecular weight excluding hydrogens is 360 g/mol. The number of hydrogen-bond acceptors (Lipinski definition) is 5. The smallest absolute Gasteiger partial charge is 0.267 e. The highest BCUT2D eigenvalue weighted by Crippen LogP contribution is 2.24. The molecule has 0 spiro atoms. The van der Waals surface area contributed by atoms with E-state index in [2.05, 4.69) is 34.6 Å². The summed E-state index contributed by atoms with van der Waals surface area (Å²) in [7, 11) is 0. The molecule has 1 fully saturated rings. The third-order valence-corrected chi connectivity index (χ3v) is 6.42. The molecule has 140 valence electrons. The monoisotopic (exact) mass is 382 g/mol. The molecule has 27 heavy (non-hydrogen) atoms. The van der Waals surface area contributed by atoms with E-state index in [0.29, 0.717) is 13.2 Å². The van der Waals surface area contributed by atoms with E-state index in [9.17, 15) is 4.79 Å². The van der Waals surface area contributed by atoms with Gasteiger partial charge in [0.05, 0.1) is 31.0 Å². The molecule has 0 saturated carbocycles. The van der Waals surface area contributed by atoms with Gasteiger partial charge in [-0.15, -0.1) is 0 Å². The van der Waals surface area contributed by atoms with Crippen molar-refractivity contribution in [1.82, 2.24) is 20.1 Å². The second-order valence-corrected chi connectivity index (χ2v) is 8.30. The fourth-order valence-corrected chi connectivity index (χ4v) is 4.86. The summed E-state index contributed by atoms with van der Waals surface area (Å²) in [6, 6.07) is 10.3. The SMILES string of the molecule is O=c1cc2c(nn1C1COCC1NCc1ccc3[nH]ccc3c1)CCSC2. The number of H-pyrrole nitrogens is 1. The summed E-state index contributed by atoms with van der Waals surface area (Å²) in [5, 5.41) is 9.48. The van der Waals surface area contributed by atoms with Crippen LogP contribution in [0.1, 0.15) is 22.9 Å². The van der Waals surface area contributed by atoms with Crippen LogP contribution in [0, 0.1) is 0 Å². The molecule has 2 atom stereocenters. The minimum Gasteiger partial charge on any atom is -0.377 e. The normalized spacial score (nSPS) is 22.2. The summed E-state index contributed by atoms with van der Waals surface area (Å²) in [6.07, 6.45) is 2.89. The molecule has 1 aromatic carbocycles. The lowest BCUT2D eigenvalue weighted by molar-refractivity contribution is 0.180. The van der Waals surface area contributed by atoms with Crippen LogP contribution in [-0.4, -0.2) is 39.8 Å². The third kappa shape index (κ3) is 3.31. The fraction of sp³-hybridized carbons (Fsp3) is 0.400. The van der Waals surface area contributed by atoms with Gasteiger partial charge in [-0.25, -0.2) is 4.68 Å². The summed E-state index contributed by atoms with van der Waals surface area (Å²) in [5.74, 6) is 1.96. The van der Waals surface area contributed by atoms with Gasteiger partial charge in [-0.3, -0.25) is 4.79 Å². The van der Waals surface area contributed by atoms with Crippen molar-refractivity contribution in [3.8, 4) is 0 Å². The number of aromatic amines is 1. The van der Waals surface area contributed by atoms with Crippen molar-refractivity contribution < 1.29 is 4.74 Å². The van der Waals surface area contributed by atoms with E-state index in [4.69, 9.17) is 9.84 Å². The summed E-state index contributed by atoms with van der Waals surface area (Å²) in [5.41, 5.74) is 4.50. The quantitative estimate of drug-likeness (QED) is 0.724. The molecule has 2 aliphatic rings. The highest BCUT2D eigenvalue weighted by atomic mass is 32.2. The molecule has 1 saturated heterocycles. The van der Waals surface area contributed by atoms with Crippen molar-refractivity contribution in [3.05, 3.63) is 63.7 Å². The van der Waals surface area contributed by atoms with Gasteiger partial charge in [0.25, 0.3) is 5.56 Å². The van der Waals surface area contributed by atoms with Crippen molar-refractivity contribution in [2.45, 2.75) is 30.8 Å². The highest BCUT2D eigenvalue weighted by Gasteiger charge is 2.31. The molecule has 0 aliphatic carbocycles. The molecule has 5 rings (SSSR count). The first kappa shape index (κ1) is 17.0. The Labute approximate surface area is 161 Å². The molecule has 0 bridgehead atoms. The lowest BCUT2D eigenvalue weighted by Crippen LogP contribution is -2.41. The van der Waals surface area contributed by atoms with Crippen molar-refractivity contribution in [2.75, 3.05) is 19.0 Å². The second-order valence-electron chi connectivity index (χ2n) is 7.19. The first-order valence-corrected chi connectivity index (χ1v) is 10.5. The predicted molar refractivity (Wildman–Crippen MR) is 107 cm³/mol. The van der Waals surface area contributed by atoms with Crippen LogP contribution in [0.25, 0.3) is 10.9 Å². The van der Waals surface area contributed by atoms with Crippen LogP contribution in [0.4, 0.5) is 0 Å². The van der Waals surface area contributed by atoms with Gasteiger partial charge in [-0.1, -0.05) is 6.07 Å². The molecule has 0 radical (unpaired) electrons. The Kier molecular flexibility index (Phi) is 4.51. The van der Waals surface area contributed by atoms with Gasteiger partial charge in [0.15, 0.2) is 0 Å². The summed E-state index contributed by atoms with van der Waals surface area (Å²) >= 11 is 1.86. The van der Waals surface area contributed by atoms with Gasteiger partial charge >= 0.3 is 0 Å². The van der Waals surface area contributed by atoms with E-state index in [1.54, 1.807) is 10.7 Å². The maximum Gasteiger partial charge on any atom is 0.267 e. The van der Waals surface area contributed by atoms with E-state index in [0.717, 1.165) is 41.2 Å². The molecule has 0 amide bonds. The Bertz CT molecular complexity index is 1030. The van der Waals surface area contributed by atoms with Crippen LogP contribution in [0.15, 0.2) is 41.3 Å². The Balaban J connectivity index is 1.35. The van der Waals surface area contributed by atoms with Crippen LogP contribution < -0.4 is 10.9 Å². The van der Waals surface area contributed by atoms with Crippen LogP contribution in [0.5, 0.6) is 0 Å². The minimum absolute atomic E-state index is 0.0210. The van der Waals surface area contributed by atoms with E-state index in [1.165, 1.54) is 10.9 Å². The molecule has 2 N–H and O–H groups in total. The van der Waals surface area contributed by atoms with Crippen molar-refractivity contribution in [3.63, 3.8) is 0 Å². The lowest BCUT2D eigenvalue weighted by Gasteiger charge is -2.23. The average Bonchev–Trinajstić information content (AvgIpc) is 3.34. The maximum absolute atomic E-state index is 12.6. The number of aromatic nitrogens is 3. The summed E-state index contributed by atoms with van der Waals surface area (Å²) < 4.78 is 7.35.